The number of hydrogen-bond donors (Lipinski definition) is 0. The fourth-order valence-corrected chi connectivity index (χ4v) is 1.87. The Morgan fingerprint density at radius 1 is 1.09 bits per heavy atom. The number of Topliss-reactive ketones (excluding diaryl/α,β-unsaturated/α-hetero) is 1. The van der Waals surface area contributed by atoms with Crippen molar-refractivity contribution in [2.75, 3.05) is 13.7 Å². The van der Waals surface area contributed by atoms with Gasteiger partial charge in [0.1, 0.15) is 11.6 Å². The molecule has 0 bridgehead atoms. The average Bonchev–Trinajstić information content (AvgIpc) is 2.58. The van der Waals surface area contributed by atoms with Gasteiger partial charge in [0, 0.05) is 17.2 Å². The van der Waals surface area contributed by atoms with Crippen molar-refractivity contribution in [1.29, 1.82) is 0 Å². The molecule has 2 aromatic rings. The summed E-state index contributed by atoms with van der Waals surface area (Å²) < 4.78 is 22.8. The molecule has 0 fully saturated rings. The maximum atomic E-state index is 12.8. The first kappa shape index (κ1) is 16.4. The summed E-state index contributed by atoms with van der Waals surface area (Å²) in [5.74, 6) is -0.854. The van der Waals surface area contributed by atoms with E-state index in [1.54, 1.807) is 18.2 Å². The van der Waals surface area contributed by atoms with Crippen molar-refractivity contribution in [3.63, 3.8) is 0 Å². The number of ketones is 1. The fraction of sp³-hybridized carbons (Fsp3) is 0.111. The molecular weight excluding hydrogens is 299 g/mol. The van der Waals surface area contributed by atoms with Crippen LogP contribution in [0.5, 0.6) is 5.75 Å². The molecule has 0 unspecified atom stereocenters. The number of methoxy groups -OCH3 is 1. The third-order valence-corrected chi connectivity index (χ3v) is 3.05. The number of carbonyl (C=O) groups excluding carboxylic acids is 2. The van der Waals surface area contributed by atoms with E-state index in [0.717, 1.165) is 5.56 Å². The topological polar surface area (TPSA) is 52.6 Å². The zero-order valence-corrected chi connectivity index (χ0v) is 12.5. The minimum atomic E-state index is -0.647. The summed E-state index contributed by atoms with van der Waals surface area (Å²) in [7, 11) is 1.53. The normalized spacial score (nSPS) is 10.5. The van der Waals surface area contributed by atoms with E-state index in [9.17, 15) is 14.0 Å². The Hall–Kier alpha value is -2.95. The first-order chi connectivity index (χ1) is 11.1. The van der Waals surface area contributed by atoms with Crippen LogP contribution in [0.1, 0.15) is 15.9 Å². The molecule has 23 heavy (non-hydrogen) atoms. The van der Waals surface area contributed by atoms with E-state index < -0.39 is 24.2 Å². The Bertz CT molecular complexity index is 720. The van der Waals surface area contributed by atoms with Gasteiger partial charge in [-0.25, -0.2) is 9.18 Å². The zero-order valence-electron chi connectivity index (χ0n) is 12.5. The average molecular weight is 314 g/mol. The minimum Gasteiger partial charge on any atom is -0.496 e. The van der Waals surface area contributed by atoms with Crippen molar-refractivity contribution in [1.82, 2.24) is 0 Å². The molecule has 0 spiro atoms. The van der Waals surface area contributed by atoms with Crippen LogP contribution in [0.2, 0.25) is 0 Å². The summed E-state index contributed by atoms with van der Waals surface area (Å²) in [4.78, 5) is 23.4. The van der Waals surface area contributed by atoms with Gasteiger partial charge in [0.25, 0.3) is 0 Å². The molecule has 2 rings (SSSR count). The summed E-state index contributed by atoms with van der Waals surface area (Å²) in [5.41, 5.74) is 1.00. The molecule has 0 aliphatic heterocycles. The Morgan fingerprint density at radius 2 is 1.78 bits per heavy atom. The monoisotopic (exact) mass is 314 g/mol. The summed E-state index contributed by atoms with van der Waals surface area (Å²) in [6, 6.07) is 12.2. The van der Waals surface area contributed by atoms with E-state index >= 15 is 0 Å². The molecule has 0 amide bonds. The van der Waals surface area contributed by atoms with Crippen molar-refractivity contribution < 1.29 is 23.5 Å². The van der Waals surface area contributed by atoms with Crippen molar-refractivity contribution in [3.8, 4) is 5.75 Å². The lowest BCUT2D eigenvalue weighted by atomic mass is 10.1. The number of rotatable bonds is 6. The van der Waals surface area contributed by atoms with E-state index in [1.165, 1.54) is 37.5 Å². The Labute approximate surface area is 133 Å². The van der Waals surface area contributed by atoms with Gasteiger partial charge in [-0.3, -0.25) is 4.79 Å². The van der Waals surface area contributed by atoms with Crippen LogP contribution in [-0.4, -0.2) is 25.5 Å². The number of esters is 1. The molecular formula is C18H15FO4. The van der Waals surface area contributed by atoms with Gasteiger partial charge in [0.05, 0.1) is 7.11 Å². The van der Waals surface area contributed by atoms with Gasteiger partial charge in [-0.05, 0) is 36.4 Å². The van der Waals surface area contributed by atoms with Gasteiger partial charge in [0.2, 0.25) is 0 Å². The van der Waals surface area contributed by atoms with E-state index in [1.807, 2.05) is 12.1 Å². The summed E-state index contributed by atoms with van der Waals surface area (Å²) in [6.45, 7) is -0.402. The molecule has 0 N–H and O–H groups in total. The highest BCUT2D eigenvalue weighted by molar-refractivity contribution is 5.98. The van der Waals surface area contributed by atoms with E-state index in [0.29, 0.717) is 5.75 Å². The van der Waals surface area contributed by atoms with Crippen LogP contribution in [0.25, 0.3) is 6.08 Å². The second-order valence-electron chi connectivity index (χ2n) is 4.61. The lowest BCUT2D eigenvalue weighted by Gasteiger charge is -2.04. The molecule has 0 saturated carbocycles. The molecule has 2 aromatic carbocycles. The molecule has 0 aromatic heterocycles. The Morgan fingerprint density at radius 3 is 2.48 bits per heavy atom. The number of carbonyl (C=O) groups is 2. The van der Waals surface area contributed by atoms with Crippen LogP contribution >= 0.6 is 0 Å². The first-order valence-corrected chi connectivity index (χ1v) is 6.87. The zero-order chi connectivity index (χ0) is 16.7. The van der Waals surface area contributed by atoms with Crippen LogP contribution in [0.15, 0.2) is 54.6 Å². The van der Waals surface area contributed by atoms with Gasteiger partial charge in [-0.1, -0.05) is 18.2 Å². The maximum Gasteiger partial charge on any atom is 0.331 e. The van der Waals surface area contributed by atoms with Gasteiger partial charge in [0.15, 0.2) is 12.4 Å². The minimum absolute atomic E-state index is 0.285. The van der Waals surface area contributed by atoms with Gasteiger partial charge < -0.3 is 9.47 Å². The number of benzene rings is 2. The van der Waals surface area contributed by atoms with Crippen molar-refractivity contribution in [3.05, 3.63) is 71.6 Å². The molecule has 5 heteroatoms. The van der Waals surface area contributed by atoms with Crippen molar-refractivity contribution >= 4 is 17.8 Å². The van der Waals surface area contributed by atoms with Crippen molar-refractivity contribution in [2.24, 2.45) is 0 Å². The van der Waals surface area contributed by atoms with Crippen LogP contribution < -0.4 is 4.74 Å². The highest BCUT2D eigenvalue weighted by Crippen LogP contribution is 2.18. The number of hydrogen-bond acceptors (Lipinski definition) is 4. The molecule has 118 valence electrons. The highest BCUT2D eigenvalue weighted by Gasteiger charge is 2.08. The fourth-order valence-electron chi connectivity index (χ4n) is 1.87. The second kappa shape index (κ2) is 7.89. The van der Waals surface area contributed by atoms with E-state index in [-0.39, 0.29) is 5.56 Å². The molecule has 0 aliphatic rings. The number of para-hydroxylation sites is 1. The molecule has 0 radical (unpaired) electrons. The molecule has 0 saturated heterocycles. The largest absolute Gasteiger partial charge is 0.496 e. The second-order valence-corrected chi connectivity index (χ2v) is 4.61. The molecule has 4 nitrogen and oxygen atoms in total. The van der Waals surface area contributed by atoms with E-state index in [4.69, 9.17) is 9.47 Å². The molecule has 0 aliphatic carbocycles. The predicted molar refractivity (Wildman–Crippen MR) is 83.7 cm³/mol. The smallest absolute Gasteiger partial charge is 0.331 e. The summed E-state index contributed by atoms with van der Waals surface area (Å²) >= 11 is 0. The van der Waals surface area contributed by atoms with E-state index in [2.05, 4.69) is 0 Å². The highest BCUT2D eigenvalue weighted by atomic mass is 19.1. The lowest BCUT2D eigenvalue weighted by Crippen LogP contribution is -2.12. The van der Waals surface area contributed by atoms with Gasteiger partial charge in [-0.15, -0.1) is 0 Å². The number of ether oxygens (including phenoxy) is 2. The van der Waals surface area contributed by atoms with Gasteiger partial charge in [-0.2, -0.15) is 0 Å². The third-order valence-electron chi connectivity index (χ3n) is 3.05. The summed E-state index contributed by atoms with van der Waals surface area (Å²) in [5, 5.41) is 0. The Kier molecular flexibility index (Phi) is 5.63. The Balaban J connectivity index is 1.91. The SMILES string of the molecule is COc1ccccc1C=CC(=O)OCC(=O)c1ccc(F)cc1. The third kappa shape index (κ3) is 4.78. The first-order valence-electron chi connectivity index (χ1n) is 6.87. The van der Waals surface area contributed by atoms with Crippen LogP contribution in [0.4, 0.5) is 4.39 Å². The van der Waals surface area contributed by atoms with Crippen molar-refractivity contribution in [2.45, 2.75) is 0 Å². The quantitative estimate of drug-likeness (QED) is 0.466. The molecule has 0 heterocycles. The predicted octanol–water partition coefficient (Wildman–Crippen LogP) is 3.27. The van der Waals surface area contributed by atoms with Crippen LogP contribution in [-0.2, 0) is 9.53 Å². The summed E-state index contributed by atoms with van der Waals surface area (Å²) in [6.07, 6.45) is 2.76. The van der Waals surface area contributed by atoms with Crippen LogP contribution in [0, 0.1) is 5.82 Å². The maximum absolute atomic E-state index is 12.8. The number of halogens is 1. The lowest BCUT2D eigenvalue weighted by molar-refractivity contribution is -0.136. The van der Waals surface area contributed by atoms with Gasteiger partial charge >= 0.3 is 5.97 Å². The molecule has 0 atom stereocenters. The van der Waals surface area contributed by atoms with Crippen LogP contribution in [0.3, 0.4) is 0 Å². The standard InChI is InChI=1S/C18H15FO4/c1-22-17-5-3-2-4-14(17)8-11-18(21)23-12-16(20)13-6-9-15(19)10-7-13/h2-11H,12H2,1H3.